The van der Waals surface area contributed by atoms with Crippen LogP contribution in [-0.2, 0) is 9.53 Å². The third kappa shape index (κ3) is 8.35. The molecule has 0 aromatic heterocycles. The van der Waals surface area contributed by atoms with E-state index in [1.54, 1.807) is 0 Å². The maximum absolute atomic E-state index is 11.2. The number of hydrogen-bond acceptors (Lipinski definition) is 4. The molecule has 0 saturated carbocycles. The lowest BCUT2D eigenvalue weighted by Crippen LogP contribution is -2.43. The van der Waals surface area contributed by atoms with E-state index in [4.69, 9.17) is 9.84 Å². The summed E-state index contributed by atoms with van der Waals surface area (Å²) >= 11 is 0. The molecule has 0 bridgehead atoms. The van der Waals surface area contributed by atoms with Crippen molar-refractivity contribution in [2.75, 3.05) is 26.4 Å². The molecule has 0 rings (SSSR count). The molecule has 5 heteroatoms. The normalized spacial score (nSPS) is 14.7. The number of hydrogen-bond donors (Lipinski definition) is 3. The molecule has 0 heterocycles. The Balaban J connectivity index is 3.49. The van der Waals surface area contributed by atoms with Crippen LogP contribution in [0.3, 0.4) is 0 Å². The summed E-state index contributed by atoms with van der Waals surface area (Å²) in [6.45, 7) is 4.18. The highest BCUT2D eigenvalue weighted by atomic mass is 16.5. The van der Waals surface area contributed by atoms with Gasteiger partial charge in [-0.1, -0.05) is 6.92 Å². The lowest BCUT2D eigenvalue weighted by Gasteiger charge is -2.20. The fourth-order valence-corrected chi connectivity index (χ4v) is 0.845. The van der Waals surface area contributed by atoms with Gasteiger partial charge in [0.2, 0.25) is 5.91 Å². The largest absolute Gasteiger partial charge is 0.393 e. The molecule has 0 aromatic carbocycles. The van der Waals surface area contributed by atoms with Crippen LogP contribution in [0.1, 0.15) is 26.7 Å². The van der Waals surface area contributed by atoms with Crippen molar-refractivity contribution < 1.29 is 19.7 Å². The fourth-order valence-electron chi connectivity index (χ4n) is 0.845. The van der Waals surface area contributed by atoms with Gasteiger partial charge in [0.15, 0.2) is 0 Å². The van der Waals surface area contributed by atoms with Crippen molar-refractivity contribution in [1.82, 2.24) is 5.32 Å². The van der Waals surface area contributed by atoms with E-state index >= 15 is 0 Å². The van der Waals surface area contributed by atoms with Crippen LogP contribution in [0.25, 0.3) is 0 Å². The van der Waals surface area contributed by atoms with Crippen molar-refractivity contribution in [3.8, 4) is 0 Å². The molecule has 0 aliphatic rings. The molecule has 1 amide bonds. The molecule has 0 fully saturated rings. The molecule has 0 aliphatic heterocycles. The number of rotatable bonds is 8. The summed E-state index contributed by atoms with van der Waals surface area (Å²) in [4.78, 5) is 11.2. The van der Waals surface area contributed by atoms with Gasteiger partial charge in [-0.15, -0.1) is 0 Å². The molecule has 15 heavy (non-hydrogen) atoms. The molecule has 3 N–H and O–H groups in total. The zero-order chi connectivity index (χ0) is 11.7. The Labute approximate surface area is 90.4 Å². The van der Waals surface area contributed by atoms with Gasteiger partial charge < -0.3 is 20.3 Å². The summed E-state index contributed by atoms with van der Waals surface area (Å²) in [6, 6.07) is 0. The Morgan fingerprint density at radius 3 is 2.67 bits per heavy atom. The number of ether oxygens (including phenoxy) is 1. The second-order valence-corrected chi connectivity index (χ2v) is 3.79. The first-order valence-electron chi connectivity index (χ1n) is 5.19. The topological polar surface area (TPSA) is 78.8 Å². The van der Waals surface area contributed by atoms with E-state index in [1.165, 1.54) is 6.92 Å². The fraction of sp³-hybridized carbons (Fsp3) is 0.900. The highest BCUT2D eigenvalue weighted by Crippen LogP contribution is 1.98. The average Bonchev–Trinajstić information content (AvgIpc) is 2.22. The van der Waals surface area contributed by atoms with E-state index in [0.29, 0.717) is 13.2 Å². The van der Waals surface area contributed by atoms with Gasteiger partial charge in [-0.05, 0) is 13.3 Å². The first-order valence-corrected chi connectivity index (χ1v) is 5.19. The van der Waals surface area contributed by atoms with Crippen molar-refractivity contribution in [2.45, 2.75) is 32.3 Å². The third-order valence-electron chi connectivity index (χ3n) is 1.83. The number of nitrogens with one attached hydrogen (secondary N) is 1. The first kappa shape index (κ1) is 14.3. The molecular weight excluding hydrogens is 198 g/mol. The summed E-state index contributed by atoms with van der Waals surface area (Å²) in [5.74, 6) is -0.181. The second kappa shape index (κ2) is 7.62. The monoisotopic (exact) mass is 219 g/mol. The van der Waals surface area contributed by atoms with Crippen LogP contribution in [0.4, 0.5) is 0 Å². The SMILES string of the molecule is CCCOCCC(=O)NCC(C)(O)CO. The van der Waals surface area contributed by atoms with E-state index in [9.17, 15) is 9.90 Å². The molecule has 1 unspecified atom stereocenters. The molecule has 90 valence electrons. The van der Waals surface area contributed by atoms with Gasteiger partial charge in [0.05, 0.1) is 13.2 Å². The first-order chi connectivity index (χ1) is 7.02. The number of carbonyl (C=O) groups is 1. The Hall–Kier alpha value is -0.650. The standard InChI is InChI=1S/C10H21NO4/c1-3-5-15-6-4-9(13)11-7-10(2,14)8-12/h12,14H,3-8H2,1-2H3,(H,11,13). The zero-order valence-electron chi connectivity index (χ0n) is 9.45. The quantitative estimate of drug-likeness (QED) is 0.488. The molecule has 5 nitrogen and oxygen atoms in total. The molecular formula is C10H21NO4. The van der Waals surface area contributed by atoms with Crippen LogP contribution in [-0.4, -0.2) is 48.1 Å². The zero-order valence-corrected chi connectivity index (χ0v) is 9.45. The number of aliphatic hydroxyl groups excluding tert-OH is 1. The van der Waals surface area contributed by atoms with Crippen LogP contribution in [0.2, 0.25) is 0 Å². The molecule has 0 saturated heterocycles. The highest BCUT2D eigenvalue weighted by Gasteiger charge is 2.19. The van der Waals surface area contributed by atoms with Crippen molar-refractivity contribution >= 4 is 5.91 Å². The number of carbonyl (C=O) groups excluding carboxylic acids is 1. The van der Waals surface area contributed by atoms with Crippen LogP contribution < -0.4 is 5.32 Å². The predicted octanol–water partition coefficient (Wildman–Crippen LogP) is -0.337. The summed E-state index contributed by atoms with van der Waals surface area (Å²) < 4.78 is 5.14. The second-order valence-electron chi connectivity index (χ2n) is 3.79. The number of amides is 1. The van der Waals surface area contributed by atoms with Gasteiger partial charge in [0, 0.05) is 19.6 Å². The van der Waals surface area contributed by atoms with Gasteiger partial charge in [0.1, 0.15) is 5.60 Å². The molecule has 0 aromatic rings. The third-order valence-corrected chi connectivity index (χ3v) is 1.83. The number of aliphatic hydroxyl groups is 2. The summed E-state index contributed by atoms with van der Waals surface area (Å²) in [5.41, 5.74) is -1.25. The van der Waals surface area contributed by atoms with Gasteiger partial charge in [-0.25, -0.2) is 0 Å². The maximum Gasteiger partial charge on any atom is 0.222 e. The summed E-state index contributed by atoms with van der Waals surface area (Å²) in [7, 11) is 0. The van der Waals surface area contributed by atoms with Crippen LogP contribution in [0.5, 0.6) is 0 Å². The van der Waals surface area contributed by atoms with Crippen molar-refractivity contribution in [2.24, 2.45) is 0 Å². The molecule has 0 aliphatic carbocycles. The van der Waals surface area contributed by atoms with Gasteiger partial charge in [0.25, 0.3) is 0 Å². The highest BCUT2D eigenvalue weighted by molar-refractivity contribution is 5.76. The Bertz CT molecular complexity index is 182. The molecule has 1 atom stereocenters. The minimum atomic E-state index is -1.25. The average molecular weight is 219 g/mol. The smallest absolute Gasteiger partial charge is 0.222 e. The van der Waals surface area contributed by atoms with Crippen LogP contribution >= 0.6 is 0 Å². The van der Waals surface area contributed by atoms with Crippen molar-refractivity contribution in [1.29, 1.82) is 0 Å². The van der Waals surface area contributed by atoms with E-state index in [1.807, 2.05) is 6.92 Å². The Morgan fingerprint density at radius 1 is 1.47 bits per heavy atom. The van der Waals surface area contributed by atoms with E-state index in [-0.39, 0.29) is 25.5 Å². The van der Waals surface area contributed by atoms with E-state index in [0.717, 1.165) is 6.42 Å². The lowest BCUT2D eigenvalue weighted by molar-refractivity contribution is -0.123. The van der Waals surface area contributed by atoms with Crippen LogP contribution in [0.15, 0.2) is 0 Å². The minimum Gasteiger partial charge on any atom is -0.393 e. The Morgan fingerprint density at radius 2 is 2.13 bits per heavy atom. The minimum absolute atomic E-state index is 0.0517. The van der Waals surface area contributed by atoms with Crippen molar-refractivity contribution in [3.05, 3.63) is 0 Å². The summed E-state index contributed by atoms with van der Waals surface area (Å²) in [5, 5.41) is 20.6. The van der Waals surface area contributed by atoms with Crippen LogP contribution in [0, 0.1) is 0 Å². The van der Waals surface area contributed by atoms with Gasteiger partial charge in [-0.3, -0.25) is 4.79 Å². The molecule has 0 spiro atoms. The lowest BCUT2D eigenvalue weighted by atomic mass is 10.1. The van der Waals surface area contributed by atoms with E-state index < -0.39 is 5.60 Å². The summed E-state index contributed by atoms with van der Waals surface area (Å²) in [6.07, 6.45) is 1.21. The van der Waals surface area contributed by atoms with Gasteiger partial charge >= 0.3 is 0 Å². The predicted molar refractivity (Wildman–Crippen MR) is 56.4 cm³/mol. The van der Waals surface area contributed by atoms with Crippen molar-refractivity contribution in [3.63, 3.8) is 0 Å². The maximum atomic E-state index is 11.2. The molecule has 0 radical (unpaired) electrons. The van der Waals surface area contributed by atoms with Gasteiger partial charge in [-0.2, -0.15) is 0 Å². The van der Waals surface area contributed by atoms with E-state index in [2.05, 4.69) is 5.32 Å². The Kier molecular flexibility index (Phi) is 7.29.